The third-order valence-corrected chi connectivity index (χ3v) is 3.49. The average molecular weight is 242 g/mol. The largest absolute Gasteiger partial charge is 0.465 e. The Bertz CT molecular complexity index is 227. The molecule has 1 heterocycles. The molecule has 1 aliphatic rings. The molecule has 0 amide bonds. The van der Waals surface area contributed by atoms with Gasteiger partial charge in [-0.3, -0.25) is 9.69 Å². The summed E-state index contributed by atoms with van der Waals surface area (Å²) in [4.78, 5) is 14.3. The number of carbonyl (C=O) groups excluding carboxylic acids is 1. The molecule has 0 aromatic rings. The summed E-state index contributed by atoms with van der Waals surface area (Å²) in [6, 6.07) is 0.457. The van der Waals surface area contributed by atoms with Crippen molar-refractivity contribution in [1.82, 2.24) is 10.2 Å². The van der Waals surface area contributed by atoms with Crippen LogP contribution < -0.4 is 5.32 Å². The first-order chi connectivity index (χ1) is 8.24. The summed E-state index contributed by atoms with van der Waals surface area (Å²) in [6.07, 6.45) is 3.09. The van der Waals surface area contributed by atoms with Crippen molar-refractivity contribution in [3.8, 4) is 0 Å². The van der Waals surface area contributed by atoms with Gasteiger partial charge in [0, 0.05) is 6.04 Å². The van der Waals surface area contributed by atoms with Gasteiger partial charge in [0.25, 0.3) is 0 Å². The van der Waals surface area contributed by atoms with Crippen LogP contribution in [0.1, 0.15) is 40.0 Å². The molecule has 4 nitrogen and oxygen atoms in total. The van der Waals surface area contributed by atoms with Crippen LogP contribution >= 0.6 is 0 Å². The maximum atomic E-state index is 11.9. The van der Waals surface area contributed by atoms with Gasteiger partial charge in [-0.2, -0.15) is 0 Å². The third kappa shape index (κ3) is 3.96. The fraction of sp³-hybridized carbons (Fsp3) is 0.923. The molecule has 4 heteroatoms. The van der Waals surface area contributed by atoms with Gasteiger partial charge in [0.15, 0.2) is 0 Å². The Hall–Kier alpha value is -0.610. The third-order valence-electron chi connectivity index (χ3n) is 3.49. The number of hydrogen-bond acceptors (Lipinski definition) is 4. The van der Waals surface area contributed by atoms with Gasteiger partial charge in [-0.1, -0.05) is 13.8 Å². The topological polar surface area (TPSA) is 41.6 Å². The number of hydrogen-bond donors (Lipinski definition) is 1. The van der Waals surface area contributed by atoms with Crippen LogP contribution in [0.5, 0.6) is 0 Å². The monoisotopic (exact) mass is 242 g/mol. The van der Waals surface area contributed by atoms with Gasteiger partial charge in [0.05, 0.1) is 6.61 Å². The molecule has 0 spiro atoms. The van der Waals surface area contributed by atoms with E-state index in [2.05, 4.69) is 24.1 Å². The molecule has 0 bridgehead atoms. The second-order valence-corrected chi connectivity index (χ2v) is 4.49. The SMILES string of the molecule is CCOC(=O)C(CC)N(CC)C1CCNCC1. The van der Waals surface area contributed by atoms with Gasteiger partial charge in [0.1, 0.15) is 6.04 Å². The molecule has 1 N–H and O–H groups in total. The first-order valence-corrected chi connectivity index (χ1v) is 6.87. The fourth-order valence-electron chi connectivity index (χ4n) is 2.65. The van der Waals surface area contributed by atoms with Gasteiger partial charge in [-0.25, -0.2) is 0 Å². The lowest BCUT2D eigenvalue weighted by molar-refractivity contribution is -0.151. The summed E-state index contributed by atoms with van der Waals surface area (Å²) in [5, 5.41) is 3.36. The van der Waals surface area contributed by atoms with E-state index in [1.807, 2.05) is 6.92 Å². The van der Waals surface area contributed by atoms with Crippen molar-refractivity contribution in [3.63, 3.8) is 0 Å². The number of likely N-dealkylation sites (N-methyl/N-ethyl adjacent to an activating group) is 1. The van der Waals surface area contributed by atoms with E-state index in [9.17, 15) is 4.79 Å². The van der Waals surface area contributed by atoms with Crippen molar-refractivity contribution in [1.29, 1.82) is 0 Å². The predicted molar refractivity (Wildman–Crippen MR) is 69.0 cm³/mol. The number of rotatable bonds is 6. The Balaban J connectivity index is 2.64. The highest BCUT2D eigenvalue weighted by Crippen LogP contribution is 2.17. The van der Waals surface area contributed by atoms with Gasteiger partial charge in [-0.05, 0) is 45.8 Å². The fourth-order valence-corrected chi connectivity index (χ4v) is 2.65. The molecule has 1 saturated heterocycles. The van der Waals surface area contributed by atoms with E-state index >= 15 is 0 Å². The molecule has 0 aromatic carbocycles. The average Bonchev–Trinajstić information content (AvgIpc) is 2.37. The van der Waals surface area contributed by atoms with Crippen LogP contribution in [0.2, 0.25) is 0 Å². The van der Waals surface area contributed by atoms with Crippen LogP contribution in [-0.4, -0.2) is 49.2 Å². The molecule has 0 aromatic heterocycles. The molecule has 1 unspecified atom stereocenters. The minimum atomic E-state index is -0.0666. The van der Waals surface area contributed by atoms with E-state index in [1.165, 1.54) is 0 Å². The van der Waals surface area contributed by atoms with E-state index in [0.717, 1.165) is 38.9 Å². The van der Waals surface area contributed by atoms with Gasteiger partial charge in [0.2, 0.25) is 0 Å². The normalized spacial score (nSPS) is 19.3. The van der Waals surface area contributed by atoms with E-state index in [1.54, 1.807) is 0 Å². The first kappa shape index (κ1) is 14.5. The van der Waals surface area contributed by atoms with Crippen LogP contribution in [0.15, 0.2) is 0 Å². The molecular formula is C13H26N2O2. The Morgan fingerprint density at radius 2 is 2.00 bits per heavy atom. The van der Waals surface area contributed by atoms with Gasteiger partial charge in [-0.15, -0.1) is 0 Å². The number of nitrogens with zero attached hydrogens (tertiary/aromatic N) is 1. The Kier molecular flexibility index (Phi) is 6.52. The van der Waals surface area contributed by atoms with Crippen molar-refractivity contribution >= 4 is 5.97 Å². The summed E-state index contributed by atoms with van der Waals surface area (Å²) in [6.45, 7) is 9.56. The van der Waals surface area contributed by atoms with Crippen molar-refractivity contribution in [2.24, 2.45) is 0 Å². The lowest BCUT2D eigenvalue weighted by Gasteiger charge is -2.37. The lowest BCUT2D eigenvalue weighted by Crippen LogP contribution is -2.51. The number of carbonyl (C=O) groups is 1. The summed E-state index contributed by atoms with van der Waals surface area (Å²) in [5.74, 6) is -0.0598. The summed E-state index contributed by atoms with van der Waals surface area (Å²) < 4.78 is 5.17. The van der Waals surface area contributed by atoms with Crippen molar-refractivity contribution in [2.45, 2.75) is 52.1 Å². The molecule has 1 fully saturated rings. The standard InChI is InChI=1S/C13H26N2O2/c1-4-12(13(16)17-6-3)15(5-2)11-7-9-14-10-8-11/h11-12,14H,4-10H2,1-3H3. The molecule has 17 heavy (non-hydrogen) atoms. The minimum Gasteiger partial charge on any atom is -0.465 e. The lowest BCUT2D eigenvalue weighted by atomic mass is 10.0. The molecule has 1 rings (SSSR count). The van der Waals surface area contributed by atoms with Gasteiger partial charge >= 0.3 is 5.97 Å². The molecular weight excluding hydrogens is 216 g/mol. The number of piperidine rings is 1. The molecule has 0 saturated carbocycles. The number of esters is 1. The smallest absolute Gasteiger partial charge is 0.323 e. The van der Waals surface area contributed by atoms with E-state index < -0.39 is 0 Å². The zero-order valence-electron chi connectivity index (χ0n) is 11.4. The first-order valence-electron chi connectivity index (χ1n) is 6.87. The quantitative estimate of drug-likeness (QED) is 0.715. The van der Waals surface area contributed by atoms with Crippen LogP contribution in [0.25, 0.3) is 0 Å². The second-order valence-electron chi connectivity index (χ2n) is 4.49. The van der Waals surface area contributed by atoms with E-state index in [4.69, 9.17) is 4.74 Å². The number of ether oxygens (including phenoxy) is 1. The zero-order valence-corrected chi connectivity index (χ0v) is 11.4. The van der Waals surface area contributed by atoms with Crippen molar-refractivity contribution in [3.05, 3.63) is 0 Å². The molecule has 100 valence electrons. The van der Waals surface area contributed by atoms with Crippen LogP contribution in [-0.2, 0) is 9.53 Å². The Morgan fingerprint density at radius 3 is 2.47 bits per heavy atom. The maximum absolute atomic E-state index is 11.9. The highest BCUT2D eigenvalue weighted by molar-refractivity contribution is 5.75. The maximum Gasteiger partial charge on any atom is 0.323 e. The van der Waals surface area contributed by atoms with Crippen molar-refractivity contribution < 1.29 is 9.53 Å². The van der Waals surface area contributed by atoms with Crippen LogP contribution in [0.3, 0.4) is 0 Å². The second kappa shape index (κ2) is 7.67. The molecule has 0 aliphatic carbocycles. The van der Waals surface area contributed by atoms with E-state index in [0.29, 0.717) is 12.6 Å². The highest BCUT2D eigenvalue weighted by atomic mass is 16.5. The molecule has 1 atom stereocenters. The Morgan fingerprint density at radius 1 is 1.35 bits per heavy atom. The molecule has 0 radical (unpaired) electrons. The highest BCUT2D eigenvalue weighted by Gasteiger charge is 2.30. The summed E-state index contributed by atoms with van der Waals surface area (Å²) in [7, 11) is 0. The summed E-state index contributed by atoms with van der Waals surface area (Å²) >= 11 is 0. The Labute approximate surface area is 105 Å². The van der Waals surface area contributed by atoms with Crippen molar-refractivity contribution in [2.75, 3.05) is 26.2 Å². The molecule has 1 aliphatic heterocycles. The number of nitrogens with one attached hydrogen (secondary N) is 1. The zero-order chi connectivity index (χ0) is 12.7. The van der Waals surface area contributed by atoms with Crippen LogP contribution in [0, 0.1) is 0 Å². The summed E-state index contributed by atoms with van der Waals surface area (Å²) in [5.41, 5.74) is 0. The predicted octanol–water partition coefficient (Wildman–Crippen LogP) is 1.40. The van der Waals surface area contributed by atoms with E-state index in [-0.39, 0.29) is 12.0 Å². The van der Waals surface area contributed by atoms with Crippen LogP contribution in [0.4, 0.5) is 0 Å². The minimum absolute atomic E-state index is 0.0598. The van der Waals surface area contributed by atoms with Gasteiger partial charge < -0.3 is 10.1 Å².